The van der Waals surface area contributed by atoms with E-state index in [1.165, 1.54) is 0 Å². The van der Waals surface area contributed by atoms with E-state index in [1.807, 2.05) is 30.3 Å². The van der Waals surface area contributed by atoms with Crippen molar-refractivity contribution < 1.29 is 14.3 Å². The number of amides is 2. The van der Waals surface area contributed by atoms with E-state index in [2.05, 4.69) is 15.8 Å². The Morgan fingerprint density at radius 2 is 1.56 bits per heavy atom. The summed E-state index contributed by atoms with van der Waals surface area (Å²) < 4.78 is 5.67. The highest BCUT2D eigenvalue weighted by molar-refractivity contribution is 5.98. The van der Waals surface area contributed by atoms with Crippen LogP contribution in [0.25, 0.3) is 0 Å². The van der Waals surface area contributed by atoms with Crippen LogP contribution in [0.3, 0.4) is 0 Å². The highest BCUT2D eigenvalue weighted by Gasteiger charge is 2.09. The molecule has 0 fully saturated rings. The molecule has 3 aromatic rings. The third-order valence-corrected chi connectivity index (χ3v) is 3.50. The third-order valence-electron chi connectivity index (χ3n) is 3.50. The molecule has 2 aromatic carbocycles. The molecule has 0 aliphatic rings. The van der Waals surface area contributed by atoms with Gasteiger partial charge in [0.15, 0.2) is 0 Å². The lowest BCUT2D eigenvalue weighted by Crippen LogP contribution is -2.41. The molecule has 0 aliphatic carbocycles. The van der Waals surface area contributed by atoms with Crippen LogP contribution in [0.2, 0.25) is 0 Å². The standard InChI is InChI=1S/C19H17N3O3/c23-18(21-22-19(24)17-7-4-12-20-17)15-8-10-16(11-9-15)25-13-14-5-2-1-3-6-14/h1-12,20H,13H2,(H,21,23)(H,22,24). The zero-order valence-corrected chi connectivity index (χ0v) is 13.4. The van der Waals surface area contributed by atoms with Crippen LogP contribution in [0.5, 0.6) is 5.75 Å². The summed E-state index contributed by atoms with van der Waals surface area (Å²) in [7, 11) is 0. The van der Waals surface area contributed by atoms with Gasteiger partial charge in [0.1, 0.15) is 18.1 Å². The van der Waals surface area contributed by atoms with Crippen molar-refractivity contribution >= 4 is 11.8 Å². The number of hydrogen-bond acceptors (Lipinski definition) is 3. The fraction of sp³-hybridized carbons (Fsp3) is 0.0526. The summed E-state index contributed by atoms with van der Waals surface area (Å²) >= 11 is 0. The highest BCUT2D eigenvalue weighted by Crippen LogP contribution is 2.14. The number of aromatic amines is 1. The van der Waals surface area contributed by atoms with Gasteiger partial charge in [-0.15, -0.1) is 0 Å². The van der Waals surface area contributed by atoms with Gasteiger partial charge >= 0.3 is 0 Å². The minimum atomic E-state index is -0.416. The maximum Gasteiger partial charge on any atom is 0.286 e. The number of benzene rings is 2. The molecule has 25 heavy (non-hydrogen) atoms. The largest absolute Gasteiger partial charge is 0.489 e. The maximum absolute atomic E-state index is 12.0. The zero-order chi connectivity index (χ0) is 17.5. The summed E-state index contributed by atoms with van der Waals surface area (Å²) in [5.41, 5.74) is 6.56. The number of hydrazine groups is 1. The molecular weight excluding hydrogens is 318 g/mol. The van der Waals surface area contributed by atoms with Crippen molar-refractivity contribution in [2.75, 3.05) is 0 Å². The number of ether oxygens (including phenoxy) is 1. The van der Waals surface area contributed by atoms with E-state index in [0.29, 0.717) is 23.6 Å². The van der Waals surface area contributed by atoms with Gasteiger partial charge in [0.05, 0.1) is 0 Å². The average Bonchev–Trinajstić information content (AvgIpc) is 3.20. The normalized spacial score (nSPS) is 10.1. The summed E-state index contributed by atoms with van der Waals surface area (Å²) in [6, 6.07) is 19.8. The van der Waals surface area contributed by atoms with Gasteiger partial charge in [-0.05, 0) is 42.0 Å². The molecule has 0 bridgehead atoms. The Hall–Kier alpha value is -3.54. The van der Waals surface area contributed by atoms with Crippen molar-refractivity contribution in [3.8, 4) is 5.75 Å². The predicted octanol–water partition coefficient (Wildman–Crippen LogP) is 2.67. The van der Waals surface area contributed by atoms with Crippen molar-refractivity contribution in [1.82, 2.24) is 15.8 Å². The minimum absolute atomic E-state index is 0.366. The second kappa shape index (κ2) is 7.83. The van der Waals surface area contributed by atoms with Gasteiger partial charge in [-0.2, -0.15) is 0 Å². The molecule has 1 aromatic heterocycles. The van der Waals surface area contributed by atoms with Crippen LogP contribution in [0.4, 0.5) is 0 Å². The molecule has 0 unspecified atom stereocenters. The van der Waals surface area contributed by atoms with Gasteiger partial charge in [-0.1, -0.05) is 30.3 Å². The molecule has 1 heterocycles. The van der Waals surface area contributed by atoms with E-state index < -0.39 is 11.8 Å². The monoisotopic (exact) mass is 335 g/mol. The fourth-order valence-corrected chi connectivity index (χ4v) is 2.17. The molecule has 3 N–H and O–H groups in total. The Morgan fingerprint density at radius 1 is 0.840 bits per heavy atom. The molecule has 6 heteroatoms. The molecule has 6 nitrogen and oxygen atoms in total. The van der Waals surface area contributed by atoms with E-state index in [-0.39, 0.29) is 0 Å². The molecule has 0 saturated heterocycles. The van der Waals surface area contributed by atoms with Gasteiger partial charge in [0, 0.05) is 11.8 Å². The summed E-state index contributed by atoms with van der Waals surface area (Å²) in [5.74, 6) is -0.161. The smallest absolute Gasteiger partial charge is 0.286 e. The van der Waals surface area contributed by atoms with E-state index in [1.54, 1.807) is 42.6 Å². The maximum atomic E-state index is 12.0. The first-order chi connectivity index (χ1) is 12.2. The highest BCUT2D eigenvalue weighted by atomic mass is 16.5. The molecule has 0 atom stereocenters. The van der Waals surface area contributed by atoms with Crippen molar-refractivity contribution in [3.05, 3.63) is 89.7 Å². The van der Waals surface area contributed by atoms with Gasteiger partial charge < -0.3 is 9.72 Å². The number of carbonyl (C=O) groups is 2. The second-order valence-electron chi connectivity index (χ2n) is 5.29. The van der Waals surface area contributed by atoms with Crippen LogP contribution in [0, 0.1) is 0 Å². The molecule has 0 aliphatic heterocycles. The Kier molecular flexibility index (Phi) is 5.11. The number of H-pyrrole nitrogens is 1. The first-order valence-electron chi connectivity index (χ1n) is 7.73. The lowest BCUT2D eigenvalue weighted by atomic mass is 10.2. The van der Waals surface area contributed by atoms with E-state index in [0.717, 1.165) is 5.56 Å². The lowest BCUT2D eigenvalue weighted by Gasteiger charge is -2.08. The van der Waals surface area contributed by atoms with Crippen LogP contribution in [0.1, 0.15) is 26.4 Å². The van der Waals surface area contributed by atoms with Crippen LogP contribution in [-0.4, -0.2) is 16.8 Å². The zero-order valence-electron chi connectivity index (χ0n) is 13.4. The Bertz CT molecular complexity index is 828. The summed E-state index contributed by atoms with van der Waals surface area (Å²) in [6.07, 6.45) is 1.63. The van der Waals surface area contributed by atoms with Gasteiger partial charge in [-0.25, -0.2) is 0 Å². The minimum Gasteiger partial charge on any atom is -0.489 e. The summed E-state index contributed by atoms with van der Waals surface area (Å²) in [6.45, 7) is 0.457. The number of aromatic nitrogens is 1. The molecule has 0 spiro atoms. The van der Waals surface area contributed by atoms with Crippen molar-refractivity contribution in [1.29, 1.82) is 0 Å². The summed E-state index contributed by atoms with van der Waals surface area (Å²) in [4.78, 5) is 26.5. The van der Waals surface area contributed by atoms with Crippen LogP contribution < -0.4 is 15.6 Å². The van der Waals surface area contributed by atoms with Crippen LogP contribution in [-0.2, 0) is 6.61 Å². The molecule has 0 saturated carbocycles. The Balaban J connectivity index is 1.51. The number of carbonyl (C=O) groups excluding carboxylic acids is 2. The Morgan fingerprint density at radius 3 is 2.24 bits per heavy atom. The first-order valence-corrected chi connectivity index (χ1v) is 7.73. The molecular formula is C19H17N3O3. The Labute approximate surface area is 144 Å². The molecule has 0 radical (unpaired) electrons. The topological polar surface area (TPSA) is 83.2 Å². The number of rotatable bonds is 5. The summed E-state index contributed by atoms with van der Waals surface area (Å²) in [5, 5.41) is 0. The fourth-order valence-electron chi connectivity index (χ4n) is 2.17. The van der Waals surface area contributed by atoms with Gasteiger partial charge in [0.25, 0.3) is 11.8 Å². The van der Waals surface area contributed by atoms with Gasteiger partial charge in [0.2, 0.25) is 0 Å². The third kappa shape index (κ3) is 4.48. The van der Waals surface area contributed by atoms with Crippen LogP contribution >= 0.6 is 0 Å². The predicted molar refractivity (Wildman–Crippen MR) is 92.9 cm³/mol. The number of nitrogens with one attached hydrogen (secondary N) is 3. The lowest BCUT2D eigenvalue weighted by molar-refractivity contribution is 0.0844. The van der Waals surface area contributed by atoms with E-state index in [4.69, 9.17) is 4.74 Å². The second-order valence-corrected chi connectivity index (χ2v) is 5.29. The molecule has 126 valence electrons. The van der Waals surface area contributed by atoms with Crippen molar-refractivity contribution in [2.24, 2.45) is 0 Å². The quantitative estimate of drug-likeness (QED) is 0.627. The van der Waals surface area contributed by atoms with Crippen molar-refractivity contribution in [2.45, 2.75) is 6.61 Å². The first kappa shape index (κ1) is 16.3. The SMILES string of the molecule is O=C(NNC(=O)c1ccc[nH]1)c1ccc(OCc2ccccc2)cc1. The number of hydrogen-bond donors (Lipinski definition) is 3. The molecule has 3 rings (SSSR count). The van der Waals surface area contributed by atoms with Crippen molar-refractivity contribution in [3.63, 3.8) is 0 Å². The molecule has 2 amide bonds. The van der Waals surface area contributed by atoms with Crippen LogP contribution in [0.15, 0.2) is 72.9 Å². The average molecular weight is 335 g/mol. The van der Waals surface area contributed by atoms with Gasteiger partial charge in [-0.3, -0.25) is 20.4 Å². The van der Waals surface area contributed by atoms with E-state index in [9.17, 15) is 9.59 Å². The van der Waals surface area contributed by atoms with E-state index >= 15 is 0 Å².